The van der Waals surface area contributed by atoms with E-state index in [1.807, 2.05) is 6.92 Å². The van der Waals surface area contributed by atoms with Gasteiger partial charge in [0, 0.05) is 24.5 Å². The predicted octanol–water partition coefficient (Wildman–Crippen LogP) is 1.95. The third-order valence-electron chi connectivity index (χ3n) is 4.32. The Kier molecular flexibility index (Phi) is 4.86. The van der Waals surface area contributed by atoms with Gasteiger partial charge in [-0.3, -0.25) is 0 Å². The maximum atomic E-state index is 12.8. The van der Waals surface area contributed by atoms with Crippen molar-refractivity contribution in [2.45, 2.75) is 32.2 Å². The minimum Gasteiger partial charge on any atom is -0.491 e. The van der Waals surface area contributed by atoms with Crippen LogP contribution in [0.4, 0.5) is 19.0 Å². The van der Waals surface area contributed by atoms with Crippen LogP contribution in [0, 0.1) is 0 Å². The summed E-state index contributed by atoms with van der Waals surface area (Å²) in [6.45, 7) is 1.32. The summed E-state index contributed by atoms with van der Waals surface area (Å²) in [7, 11) is 0. The molecule has 4 rings (SSSR count). The number of hydrogen-bond acceptors (Lipinski definition) is 7. The summed E-state index contributed by atoms with van der Waals surface area (Å²) in [6.07, 6.45) is -0.135. The molecule has 0 aromatic carbocycles. The molecular weight excluding hydrogens is 391 g/mol. The molecule has 0 spiro atoms. The van der Waals surface area contributed by atoms with Crippen LogP contribution in [0.25, 0.3) is 22.9 Å². The number of fused-ring (bicyclic) bond motifs is 3. The summed E-state index contributed by atoms with van der Waals surface area (Å²) in [4.78, 5) is 12.8. The topological polar surface area (TPSA) is 103 Å². The largest absolute Gasteiger partial charge is 0.491 e. The quantitative estimate of drug-likeness (QED) is 0.664. The molecule has 0 amide bonds. The number of aromatic nitrogens is 6. The number of hydrogen-bond donors (Lipinski definition) is 2. The van der Waals surface area contributed by atoms with E-state index in [9.17, 15) is 18.3 Å². The third-order valence-corrected chi connectivity index (χ3v) is 4.32. The maximum Gasteiger partial charge on any atom is 0.408 e. The van der Waals surface area contributed by atoms with E-state index in [2.05, 4.69) is 25.4 Å². The average Bonchev–Trinajstić information content (AvgIpc) is 3.23. The minimum atomic E-state index is -4.42. The van der Waals surface area contributed by atoms with Crippen molar-refractivity contribution >= 4 is 5.82 Å². The van der Waals surface area contributed by atoms with Crippen molar-refractivity contribution in [1.29, 1.82) is 0 Å². The van der Waals surface area contributed by atoms with Crippen molar-refractivity contribution in [3.8, 4) is 28.7 Å². The molecule has 3 aromatic rings. The summed E-state index contributed by atoms with van der Waals surface area (Å²) < 4.78 is 46.7. The highest BCUT2D eigenvalue weighted by molar-refractivity contribution is 5.69. The lowest BCUT2D eigenvalue weighted by molar-refractivity contribution is -0.142. The normalized spacial score (nSPS) is 14.5. The number of anilines is 1. The van der Waals surface area contributed by atoms with Crippen molar-refractivity contribution in [2.75, 3.05) is 18.5 Å². The Morgan fingerprint density at radius 2 is 2.14 bits per heavy atom. The molecule has 1 aliphatic rings. The van der Waals surface area contributed by atoms with Gasteiger partial charge in [0.2, 0.25) is 0 Å². The number of aliphatic hydroxyl groups is 1. The number of imidazole rings is 1. The molecule has 1 aliphatic heterocycles. The molecule has 0 fully saturated rings. The fourth-order valence-electron chi connectivity index (χ4n) is 3.01. The van der Waals surface area contributed by atoms with Gasteiger partial charge in [-0.2, -0.15) is 18.3 Å². The van der Waals surface area contributed by atoms with Crippen LogP contribution in [0.3, 0.4) is 0 Å². The lowest BCUT2D eigenvalue weighted by atomic mass is 10.2. The van der Waals surface area contributed by atoms with Gasteiger partial charge in [0.15, 0.2) is 5.82 Å². The second-order valence-electron chi connectivity index (χ2n) is 6.64. The molecule has 1 unspecified atom stereocenters. The second kappa shape index (κ2) is 7.35. The molecule has 29 heavy (non-hydrogen) atoms. The average molecular weight is 409 g/mol. The molecule has 4 heterocycles. The van der Waals surface area contributed by atoms with E-state index in [0.717, 1.165) is 11.0 Å². The van der Waals surface area contributed by atoms with E-state index in [1.54, 1.807) is 23.0 Å². The lowest BCUT2D eigenvalue weighted by Gasteiger charge is -2.13. The van der Waals surface area contributed by atoms with Gasteiger partial charge in [-0.05, 0) is 6.92 Å². The van der Waals surface area contributed by atoms with Crippen molar-refractivity contribution in [3.05, 3.63) is 24.8 Å². The first-order valence-corrected chi connectivity index (χ1v) is 8.87. The molecule has 9 nitrogen and oxygen atoms in total. The van der Waals surface area contributed by atoms with Crippen molar-refractivity contribution in [3.63, 3.8) is 0 Å². The number of halogens is 3. The van der Waals surface area contributed by atoms with Gasteiger partial charge in [0.1, 0.15) is 42.6 Å². The fraction of sp³-hybridized carbons (Fsp3) is 0.412. The Morgan fingerprint density at radius 3 is 2.90 bits per heavy atom. The first-order valence-electron chi connectivity index (χ1n) is 8.87. The van der Waals surface area contributed by atoms with Crippen LogP contribution in [0.1, 0.15) is 6.92 Å². The number of nitrogens with zero attached hydrogens (tertiary/aromatic N) is 6. The second-order valence-corrected chi connectivity index (χ2v) is 6.64. The molecule has 3 aromatic heterocycles. The van der Waals surface area contributed by atoms with E-state index in [-0.39, 0.29) is 24.2 Å². The van der Waals surface area contributed by atoms with Crippen molar-refractivity contribution in [2.24, 2.45) is 0 Å². The zero-order chi connectivity index (χ0) is 20.6. The summed E-state index contributed by atoms with van der Waals surface area (Å²) in [5.74, 6) is 1.63. The summed E-state index contributed by atoms with van der Waals surface area (Å²) in [5.41, 5.74) is 0.892. The van der Waals surface area contributed by atoms with E-state index in [1.165, 1.54) is 0 Å². The van der Waals surface area contributed by atoms with Crippen LogP contribution >= 0.6 is 0 Å². The highest BCUT2D eigenvalue weighted by Gasteiger charge is 2.31. The van der Waals surface area contributed by atoms with E-state index in [4.69, 9.17) is 4.74 Å². The monoisotopic (exact) mass is 409 g/mol. The Morgan fingerprint density at radius 1 is 1.31 bits per heavy atom. The smallest absolute Gasteiger partial charge is 0.408 e. The minimum absolute atomic E-state index is 0.0355. The van der Waals surface area contributed by atoms with Crippen molar-refractivity contribution < 1.29 is 23.0 Å². The third kappa shape index (κ3) is 4.01. The molecule has 0 bridgehead atoms. The summed E-state index contributed by atoms with van der Waals surface area (Å²) >= 11 is 0. The standard InChI is InChI=1S/C17H18F3N7O2/c1-10(7-28)24-14-4-13-11(5-21-14)15-25-12(6-26(15)2-3-29-13)16-22-9-23-27(16)8-17(18,19)20/h4-6,9-10,28H,2-3,7-8H2,1H3,(H,21,24). The number of alkyl halides is 3. The van der Waals surface area contributed by atoms with Crippen LogP contribution in [-0.4, -0.2) is 59.8 Å². The van der Waals surface area contributed by atoms with Gasteiger partial charge >= 0.3 is 6.18 Å². The Labute approximate surface area is 163 Å². The van der Waals surface area contributed by atoms with E-state index < -0.39 is 12.7 Å². The van der Waals surface area contributed by atoms with Crippen LogP contribution in [0.15, 0.2) is 24.8 Å². The van der Waals surface area contributed by atoms with Crippen LogP contribution in [0.5, 0.6) is 5.75 Å². The van der Waals surface area contributed by atoms with Gasteiger partial charge in [-0.15, -0.1) is 0 Å². The lowest BCUT2D eigenvalue weighted by Crippen LogP contribution is -2.20. The Bertz CT molecular complexity index is 1010. The van der Waals surface area contributed by atoms with Gasteiger partial charge < -0.3 is 19.7 Å². The van der Waals surface area contributed by atoms with E-state index in [0.29, 0.717) is 36.1 Å². The molecule has 12 heteroatoms. The first kappa shape index (κ1) is 19.2. The highest BCUT2D eigenvalue weighted by Crippen LogP contribution is 2.34. The number of nitrogens with one attached hydrogen (secondary N) is 1. The van der Waals surface area contributed by atoms with Crippen LogP contribution < -0.4 is 10.1 Å². The molecule has 0 saturated carbocycles. The number of rotatable bonds is 5. The molecule has 2 N–H and O–H groups in total. The zero-order valence-corrected chi connectivity index (χ0v) is 15.4. The number of pyridine rings is 1. The highest BCUT2D eigenvalue weighted by atomic mass is 19.4. The Balaban J connectivity index is 1.70. The maximum absolute atomic E-state index is 12.8. The summed E-state index contributed by atoms with van der Waals surface area (Å²) in [5, 5.41) is 15.9. The number of aliphatic hydroxyl groups excluding tert-OH is 1. The summed E-state index contributed by atoms with van der Waals surface area (Å²) in [6, 6.07) is 1.53. The number of ether oxygens (including phenoxy) is 1. The molecule has 0 aliphatic carbocycles. The van der Waals surface area contributed by atoms with E-state index >= 15 is 0 Å². The molecule has 0 radical (unpaired) electrons. The fourth-order valence-corrected chi connectivity index (χ4v) is 3.01. The van der Waals surface area contributed by atoms with Crippen LogP contribution in [-0.2, 0) is 13.1 Å². The SMILES string of the molecule is CC(CO)Nc1cc2c(cn1)-c1nc(-c3ncnn3CC(F)(F)F)cn1CCO2. The molecule has 154 valence electrons. The first-order chi connectivity index (χ1) is 13.8. The van der Waals surface area contributed by atoms with Gasteiger partial charge in [0.05, 0.1) is 18.7 Å². The molecule has 1 atom stereocenters. The van der Waals surface area contributed by atoms with Gasteiger partial charge in [-0.25, -0.2) is 19.6 Å². The zero-order valence-electron chi connectivity index (χ0n) is 15.4. The Hall–Kier alpha value is -3.15. The molecular formula is C17H18F3N7O2. The van der Waals surface area contributed by atoms with Crippen molar-refractivity contribution in [1.82, 2.24) is 29.3 Å². The molecule has 0 saturated heterocycles. The predicted molar refractivity (Wildman–Crippen MR) is 96.2 cm³/mol. The van der Waals surface area contributed by atoms with Gasteiger partial charge in [0.25, 0.3) is 0 Å². The van der Waals surface area contributed by atoms with Gasteiger partial charge in [-0.1, -0.05) is 0 Å². The van der Waals surface area contributed by atoms with Crippen LogP contribution in [0.2, 0.25) is 0 Å².